The number of aliphatic hydroxyl groups is 1. The van der Waals surface area contributed by atoms with E-state index in [2.05, 4.69) is 23.5 Å². The van der Waals surface area contributed by atoms with Gasteiger partial charge in [-0.1, -0.05) is 50.3 Å². The Morgan fingerprint density at radius 2 is 1.90 bits per heavy atom. The van der Waals surface area contributed by atoms with Crippen molar-refractivity contribution in [1.29, 1.82) is 0 Å². The van der Waals surface area contributed by atoms with Crippen LogP contribution < -0.4 is 0 Å². The fourth-order valence-corrected chi connectivity index (χ4v) is 7.29. The normalized spacial score (nSPS) is 27.0. The summed E-state index contributed by atoms with van der Waals surface area (Å²) in [6, 6.07) is 5.86. The van der Waals surface area contributed by atoms with Crippen LogP contribution in [0.3, 0.4) is 0 Å². The van der Waals surface area contributed by atoms with E-state index in [0.717, 1.165) is 11.9 Å². The van der Waals surface area contributed by atoms with E-state index in [0.29, 0.717) is 31.4 Å². The molecule has 3 aliphatic heterocycles. The molecular formula is C31H42N6O5. The molecule has 1 N–H and O–H groups in total. The van der Waals surface area contributed by atoms with Crippen molar-refractivity contribution in [2.75, 3.05) is 26.2 Å². The molecule has 3 amide bonds. The lowest BCUT2D eigenvalue weighted by Gasteiger charge is -2.40. The zero-order valence-electron chi connectivity index (χ0n) is 24.8. The number of amides is 3. The number of benzene rings is 1. The van der Waals surface area contributed by atoms with E-state index in [1.807, 2.05) is 45.0 Å². The number of aliphatic hydroxyl groups excluding tert-OH is 1. The van der Waals surface area contributed by atoms with E-state index in [1.54, 1.807) is 26.6 Å². The number of hydrogen-bond acceptors (Lipinski definition) is 7. The molecule has 226 valence electrons. The Labute approximate surface area is 246 Å². The van der Waals surface area contributed by atoms with Crippen LogP contribution in [0.4, 0.5) is 0 Å². The summed E-state index contributed by atoms with van der Waals surface area (Å²) in [7, 11) is 0. The maximum absolute atomic E-state index is 14.7. The molecule has 1 aromatic carbocycles. The largest absolute Gasteiger partial charge is 0.394 e. The summed E-state index contributed by atoms with van der Waals surface area (Å²) in [6.45, 7) is 14.4. The summed E-state index contributed by atoms with van der Waals surface area (Å²) >= 11 is 0. The van der Waals surface area contributed by atoms with Gasteiger partial charge in [0, 0.05) is 19.6 Å². The molecule has 3 aliphatic rings. The van der Waals surface area contributed by atoms with Crippen molar-refractivity contribution < 1.29 is 24.2 Å². The van der Waals surface area contributed by atoms with Crippen LogP contribution in [0, 0.1) is 17.8 Å². The van der Waals surface area contributed by atoms with E-state index in [4.69, 9.17) is 4.74 Å². The lowest BCUT2D eigenvalue weighted by Crippen LogP contribution is -2.59. The summed E-state index contributed by atoms with van der Waals surface area (Å²) in [5.41, 5.74) is 0.305. The molecule has 4 heterocycles. The van der Waals surface area contributed by atoms with Crippen LogP contribution in [0.1, 0.15) is 40.0 Å². The summed E-state index contributed by atoms with van der Waals surface area (Å²) in [5, 5.41) is 19.0. The summed E-state index contributed by atoms with van der Waals surface area (Å²) < 4.78 is 8.29. The standard InChI is InChI=1S/C31H42N6O5/c1-6-15-34(16-7-2)28(39)25-24-13-14-31(42-24)26(25)29(40)37(23(18-38)20(4)5)27(31)30(41)35(17-8-3)19-36-22-12-10-9-11-21(22)32-33-36/h6,8-12,20,23-27,38H,1,3,7,13-19H2,2,4-5H3/t23-,24-,25+,26-,27?,31?/m0/s1. The Balaban J connectivity index is 1.56. The number of para-hydroxylation sites is 1. The number of aromatic nitrogens is 3. The number of carbonyl (C=O) groups is 3. The molecule has 42 heavy (non-hydrogen) atoms. The average Bonchev–Trinajstić information content (AvgIpc) is 3.72. The van der Waals surface area contributed by atoms with Gasteiger partial charge >= 0.3 is 0 Å². The second-order valence-corrected chi connectivity index (χ2v) is 11.9. The van der Waals surface area contributed by atoms with Gasteiger partial charge in [-0.15, -0.1) is 18.3 Å². The van der Waals surface area contributed by atoms with Crippen LogP contribution in [-0.4, -0.2) is 103 Å². The first-order chi connectivity index (χ1) is 20.2. The number of fused-ring (bicyclic) bond motifs is 2. The third kappa shape index (κ3) is 4.72. The number of nitrogens with zero attached hydrogens (tertiary/aromatic N) is 6. The number of ether oxygens (including phenoxy) is 1. The van der Waals surface area contributed by atoms with E-state index >= 15 is 0 Å². The molecule has 3 saturated heterocycles. The molecule has 0 saturated carbocycles. The molecule has 0 aliphatic carbocycles. The Bertz CT molecular complexity index is 1360. The lowest BCUT2D eigenvalue weighted by molar-refractivity contribution is -0.154. The fourth-order valence-electron chi connectivity index (χ4n) is 7.29. The molecule has 1 aromatic heterocycles. The number of rotatable bonds is 13. The predicted molar refractivity (Wildman–Crippen MR) is 157 cm³/mol. The van der Waals surface area contributed by atoms with Gasteiger partial charge in [0.2, 0.25) is 17.7 Å². The molecule has 3 fully saturated rings. The highest BCUT2D eigenvalue weighted by Gasteiger charge is 2.75. The van der Waals surface area contributed by atoms with Gasteiger partial charge in [-0.2, -0.15) is 0 Å². The molecule has 11 nitrogen and oxygen atoms in total. The Kier molecular flexibility index (Phi) is 8.52. The van der Waals surface area contributed by atoms with Crippen LogP contribution in [0.25, 0.3) is 11.0 Å². The molecule has 5 rings (SSSR count). The molecule has 1 spiro atoms. The third-order valence-corrected chi connectivity index (χ3v) is 9.11. The van der Waals surface area contributed by atoms with E-state index in [9.17, 15) is 19.5 Å². The minimum atomic E-state index is -1.17. The summed E-state index contributed by atoms with van der Waals surface area (Å²) in [4.78, 5) is 48.0. The van der Waals surface area contributed by atoms with Crippen LogP contribution >= 0.6 is 0 Å². The zero-order chi connectivity index (χ0) is 30.2. The minimum Gasteiger partial charge on any atom is -0.394 e. The highest BCUT2D eigenvalue weighted by Crippen LogP contribution is 2.59. The molecule has 2 unspecified atom stereocenters. The van der Waals surface area contributed by atoms with E-state index in [-0.39, 0.29) is 43.5 Å². The monoisotopic (exact) mass is 578 g/mol. The van der Waals surface area contributed by atoms with Gasteiger partial charge in [-0.25, -0.2) is 4.68 Å². The number of hydrogen-bond donors (Lipinski definition) is 1. The number of likely N-dealkylation sites (tertiary alicyclic amines) is 1. The van der Waals surface area contributed by atoms with Crippen LogP contribution in [0.5, 0.6) is 0 Å². The topological polar surface area (TPSA) is 121 Å². The molecule has 2 bridgehead atoms. The van der Waals surface area contributed by atoms with Gasteiger partial charge < -0.3 is 24.5 Å². The van der Waals surface area contributed by atoms with E-state index < -0.39 is 35.6 Å². The minimum absolute atomic E-state index is 0.0888. The zero-order valence-corrected chi connectivity index (χ0v) is 24.8. The van der Waals surface area contributed by atoms with Crippen molar-refractivity contribution in [2.45, 2.75) is 70.5 Å². The Morgan fingerprint density at radius 1 is 1.19 bits per heavy atom. The third-order valence-electron chi connectivity index (χ3n) is 9.11. The van der Waals surface area contributed by atoms with Gasteiger partial charge in [0.25, 0.3) is 0 Å². The van der Waals surface area contributed by atoms with Crippen molar-refractivity contribution in [1.82, 2.24) is 29.7 Å². The highest BCUT2D eigenvalue weighted by atomic mass is 16.5. The Hall–Kier alpha value is -3.57. The van der Waals surface area contributed by atoms with Gasteiger partial charge in [0.05, 0.1) is 36.1 Å². The van der Waals surface area contributed by atoms with Crippen molar-refractivity contribution >= 4 is 28.8 Å². The maximum Gasteiger partial charge on any atom is 0.250 e. The summed E-state index contributed by atoms with van der Waals surface area (Å²) in [5.74, 6) is -2.42. The van der Waals surface area contributed by atoms with Gasteiger partial charge in [0.15, 0.2) is 0 Å². The van der Waals surface area contributed by atoms with Crippen molar-refractivity contribution in [3.05, 3.63) is 49.6 Å². The molecule has 11 heteroatoms. The predicted octanol–water partition coefficient (Wildman–Crippen LogP) is 2.22. The summed E-state index contributed by atoms with van der Waals surface area (Å²) in [6.07, 6.45) is 4.69. The fraction of sp³-hybridized carbons (Fsp3) is 0.581. The quantitative estimate of drug-likeness (QED) is 0.362. The van der Waals surface area contributed by atoms with E-state index in [1.165, 1.54) is 4.90 Å². The van der Waals surface area contributed by atoms with Crippen LogP contribution in [0.15, 0.2) is 49.6 Å². The van der Waals surface area contributed by atoms with Gasteiger partial charge in [-0.05, 0) is 37.3 Å². The number of carbonyl (C=O) groups excluding carboxylic acids is 3. The van der Waals surface area contributed by atoms with Crippen molar-refractivity contribution in [3.63, 3.8) is 0 Å². The molecule has 2 aromatic rings. The lowest BCUT2D eigenvalue weighted by atomic mass is 9.70. The highest BCUT2D eigenvalue weighted by molar-refractivity contribution is 5.99. The maximum atomic E-state index is 14.7. The first-order valence-corrected chi connectivity index (χ1v) is 14.9. The smallest absolute Gasteiger partial charge is 0.250 e. The first-order valence-electron chi connectivity index (χ1n) is 14.9. The van der Waals surface area contributed by atoms with Gasteiger partial charge in [0.1, 0.15) is 23.8 Å². The second-order valence-electron chi connectivity index (χ2n) is 11.9. The van der Waals surface area contributed by atoms with Gasteiger partial charge in [-0.3, -0.25) is 14.4 Å². The molecule has 0 radical (unpaired) electrons. The van der Waals surface area contributed by atoms with Crippen LogP contribution in [-0.2, 0) is 25.8 Å². The SMILES string of the molecule is C=CCN(Cn1nnc2ccccc21)C(=O)C1N([C@@H](CO)C(C)C)C(=O)[C@@H]2[C@H](C(=O)N(CC=C)CCC)[C@@H]3CCC12O3. The van der Waals surface area contributed by atoms with Crippen LogP contribution in [0.2, 0.25) is 0 Å². The Morgan fingerprint density at radius 3 is 2.57 bits per heavy atom. The first kappa shape index (κ1) is 29.9. The van der Waals surface area contributed by atoms with Crippen molar-refractivity contribution in [2.24, 2.45) is 17.8 Å². The molecule has 6 atom stereocenters. The average molecular weight is 579 g/mol. The second kappa shape index (κ2) is 12.0. The van der Waals surface area contributed by atoms with Crippen molar-refractivity contribution in [3.8, 4) is 0 Å². The molecular weight excluding hydrogens is 536 g/mol.